The van der Waals surface area contributed by atoms with Crippen LogP contribution in [0.3, 0.4) is 0 Å². The van der Waals surface area contributed by atoms with Crippen LogP contribution in [0.2, 0.25) is 0 Å². The van der Waals surface area contributed by atoms with Gasteiger partial charge >= 0.3 is 5.97 Å². The minimum atomic E-state index is -0.308. The summed E-state index contributed by atoms with van der Waals surface area (Å²) in [6.45, 7) is 5.75. The lowest BCUT2D eigenvalue weighted by Gasteiger charge is -2.30. The Hall–Kier alpha value is -1.88. The second-order valence-electron chi connectivity index (χ2n) is 5.96. The number of ether oxygens (including phenoxy) is 1. The Balaban J connectivity index is 1.74. The first-order chi connectivity index (χ1) is 10.7. The Labute approximate surface area is 130 Å². The van der Waals surface area contributed by atoms with Crippen LogP contribution in [0.5, 0.6) is 0 Å². The molecule has 0 N–H and O–H groups in total. The fraction of sp³-hybridized carbons (Fsp3) is 0.529. The van der Waals surface area contributed by atoms with Crippen molar-refractivity contribution < 1.29 is 9.53 Å². The Bertz CT molecular complexity index is 657. The lowest BCUT2D eigenvalue weighted by Crippen LogP contribution is -2.34. The summed E-state index contributed by atoms with van der Waals surface area (Å²) in [6.07, 6.45) is 7.24. The van der Waals surface area contributed by atoms with E-state index in [0.29, 0.717) is 11.5 Å². The highest BCUT2D eigenvalue weighted by molar-refractivity contribution is 5.90. The van der Waals surface area contributed by atoms with Crippen LogP contribution in [-0.2, 0) is 11.2 Å². The molecule has 2 aromatic heterocycles. The molecule has 22 heavy (non-hydrogen) atoms. The molecule has 3 rings (SSSR count). The number of hydrogen-bond acceptors (Lipinski definition) is 4. The van der Waals surface area contributed by atoms with Gasteiger partial charge in [0.2, 0.25) is 0 Å². The van der Waals surface area contributed by atoms with Gasteiger partial charge in [-0.05, 0) is 50.5 Å². The minimum Gasteiger partial charge on any atom is -0.465 e. The van der Waals surface area contributed by atoms with E-state index in [-0.39, 0.29) is 5.97 Å². The third-order valence-electron chi connectivity index (χ3n) is 4.66. The van der Waals surface area contributed by atoms with Crippen LogP contribution in [0.25, 0.3) is 5.52 Å². The third kappa shape index (κ3) is 2.99. The zero-order chi connectivity index (χ0) is 15.5. The summed E-state index contributed by atoms with van der Waals surface area (Å²) < 4.78 is 6.84. The molecule has 0 saturated carbocycles. The number of carbonyl (C=O) groups excluding carboxylic acids is 1. The molecule has 0 unspecified atom stereocenters. The number of imidazole rings is 1. The van der Waals surface area contributed by atoms with E-state index in [9.17, 15) is 4.79 Å². The largest absolute Gasteiger partial charge is 0.465 e. The van der Waals surface area contributed by atoms with E-state index in [4.69, 9.17) is 4.74 Å². The molecule has 0 aromatic carbocycles. The van der Waals surface area contributed by atoms with Gasteiger partial charge in [0.15, 0.2) is 0 Å². The van der Waals surface area contributed by atoms with Crippen LogP contribution in [0.4, 0.5) is 0 Å². The summed E-state index contributed by atoms with van der Waals surface area (Å²) in [4.78, 5) is 18.6. The highest BCUT2D eigenvalue weighted by atomic mass is 16.5. The molecule has 0 bridgehead atoms. The number of fused-ring (bicyclic) bond motifs is 1. The van der Waals surface area contributed by atoms with Gasteiger partial charge in [0, 0.05) is 12.6 Å². The predicted octanol–water partition coefficient (Wildman–Crippen LogP) is 2.40. The molecule has 1 aliphatic rings. The number of likely N-dealkylation sites (tertiary alicyclic amines) is 1. The summed E-state index contributed by atoms with van der Waals surface area (Å²) in [5.74, 6) is 1.48. The van der Waals surface area contributed by atoms with Crippen LogP contribution in [0.15, 0.2) is 24.5 Å². The van der Waals surface area contributed by atoms with Crippen molar-refractivity contribution in [1.82, 2.24) is 14.3 Å². The Morgan fingerprint density at radius 1 is 1.41 bits per heavy atom. The van der Waals surface area contributed by atoms with Gasteiger partial charge in [-0.2, -0.15) is 0 Å². The van der Waals surface area contributed by atoms with Crippen LogP contribution in [0, 0.1) is 5.92 Å². The van der Waals surface area contributed by atoms with Gasteiger partial charge in [-0.3, -0.25) is 0 Å². The lowest BCUT2D eigenvalue weighted by molar-refractivity contribution is 0.0600. The fourth-order valence-corrected chi connectivity index (χ4v) is 3.22. The van der Waals surface area contributed by atoms with Crippen molar-refractivity contribution in [2.24, 2.45) is 5.92 Å². The van der Waals surface area contributed by atoms with Crippen LogP contribution in [-0.4, -0.2) is 47.0 Å². The molecule has 0 spiro atoms. The summed E-state index contributed by atoms with van der Waals surface area (Å²) in [5, 5.41) is 0. The van der Waals surface area contributed by atoms with Crippen molar-refractivity contribution in [2.75, 3.05) is 26.7 Å². The Morgan fingerprint density at radius 3 is 2.86 bits per heavy atom. The average Bonchev–Trinajstić information content (AvgIpc) is 2.97. The molecule has 0 atom stereocenters. The van der Waals surface area contributed by atoms with Crippen molar-refractivity contribution in [2.45, 2.75) is 26.2 Å². The second-order valence-corrected chi connectivity index (χ2v) is 5.96. The summed E-state index contributed by atoms with van der Waals surface area (Å²) in [6, 6.07) is 3.63. The number of carbonyl (C=O) groups is 1. The molecule has 1 aliphatic heterocycles. The zero-order valence-electron chi connectivity index (χ0n) is 13.3. The molecule has 1 fully saturated rings. The van der Waals surface area contributed by atoms with Gasteiger partial charge in [0.25, 0.3) is 0 Å². The van der Waals surface area contributed by atoms with E-state index >= 15 is 0 Å². The van der Waals surface area contributed by atoms with Gasteiger partial charge in [-0.1, -0.05) is 6.92 Å². The maximum Gasteiger partial charge on any atom is 0.337 e. The number of pyridine rings is 1. The highest BCUT2D eigenvalue weighted by Gasteiger charge is 2.20. The predicted molar refractivity (Wildman–Crippen MR) is 85.1 cm³/mol. The van der Waals surface area contributed by atoms with Gasteiger partial charge in [-0.25, -0.2) is 9.78 Å². The van der Waals surface area contributed by atoms with Gasteiger partial charge in [-0.15, -0.1) is 0 Å². The smallest absolute Gasteiger partial charge is 0.337 e. The lowest BCUT2D eigenvalue weighted by atomic mass is 9.93. The minimum absolute atomic E-state index is 0.308. The van der Waals surface area contributed by atoms with Crippen molar-refractivity contribution in [3.05, 3.63) is 35.9 Å². The quantitative estimate of drug-likeness (QED) is 0.814. The number of piperidine rings is 1. The highest BCUT2D eigenvalue weighted by Crippen LogP contribution is 2.22. The molecule has 5 nitrogen and oxygen atoms in total. The molecular weight excluding hydrogens is 278 g/mol. The van der Waals surface area contributed by atoms with E-state index in [1.807, 2.05) is 18.5 Å². The van der Waals surface area contributed by atoms with E-state index in [0.717, 1.165) is 24.3 Å². The maximum atomic E-state index is 11.6. The van der Waals surface area contributed by atoms with Gasteiger partial charge < -0.3 is 14.0 Å². The molecule has 0 amide bonds. The van der Waals surface area contributed by atoms with Crippen molar-refractivity contribution >= 4 is 11.5 Å². The number of methoxy groups -OCH3 is 1. The van der Waals surface area contributed by atoms with Crippen molar-refractivity contribution in [3.63, 3.8) is 0 Å². The number of hydrogen-bond donors (Lipinski definition) is 0. The molecule has 118 valence electrons. The average molecular weight is 301 g/mol. The Kier molecular flexibility index (Phi) is 4.43. The molecule has 1 saturated heterocycles. The fourth-order valence-electron chi connectivity index (χ4n) is 3.22. The molecule has 0 aliphatic carbocycles. The topological polar surface area (TPSA) is 46.8 Å². The van der Waals surface area contributed by atoms with E-state index in [2.05, 4.69) is 21.2 Å². The van der Waals surface area contributed by atoms with Gasteiger partial charge in [0.1, 0.15) is 5.82 Å². The van der Waals surface area contributed by atoms with Gasteiger partial charge in [0.05, 0.1) is 24.4 Å². The summed E-state index contributed by atoms with van der Waals surface area (Å²) >= 11 is 0. The summed E-state index contributed by atoms with van der Waals surface area (Å²) in [5.41, 5.74) is 1.52. The first-order valence-electron chi connectivity index (χ1n) is 7.98. The van der Waals surface area contributed by atoms with E-state index in [1.54, 1.807) is 6.07 Å². The van der Waals surface area contributed by atoms with E-state index in [1.165, 1.54) is 33.0 Å². The molecule has 3 heterocycles. The first-order valence-corrected chi connectivity index (χ1v) is 7.98. The zero-order valence-corrected chi connectivity index (χ0v) is 13.3. The third-order valence-corrected chi connectivity index (χ3v) is 4.66. The monoisotopic (exact) mass is 301 g/mol. The molecular formula is C17H23N3O2. The Morgan fingerprint density at radius 2 is 2.18 bits per heavy atom. The summed E-state index contributed by atoms with van der Waals surface area (Å²) in [7, 11) is 1.40. The normalized spacial score (nSPS) is 17.0. The van der Waals surface area contributed by atoms with E-state index < -0.39 is 0 Å². The number of aromatic nitrogens is 2. The van der Waals surface area contributed by atoms with Crippen molar-refractivity contribution in [1.29, 1.82) is 0 Å². The van der Waals surface area contributed by atoms with Crippen LogP contribution < -0.4 is 0 Å². The number of esters is 1. The molecule has 5 heteroatoms. The van der Waals surface area contributed by atoms with Crippen molar-refractivity contribution in [3.8, 4) is 0 Å². The van der Waals surface area contributed by atoms with Crippen LogP contribution >= 0.6 is 0 Å². The molecule has 2 aromatic rings. The standard InChI is InChI=1S/C17H23N3O2/c1-3-19-7-4-13(5-8-19)10-16-18-12-15-11-14(17(21)22-2)6-9-20(15)16/h6,9,11-13H,3-5,7-8,10H2,1-2H3. The maximum absolute atomic E-state index is 11.6. The number of nitrogens with zero attached hydrogens (tertiary/aromatic N) is 3. The van der Waals surface area contributed by atoms with Crippen LogP contribution in [0.1, 0.15) is 35.9 Å². The second kappa shape index (κ2) is 6.48. The molecule has 0 radical (unpaired) electrons. The number of rotatable bonds is 4. The SMILES string of the molecule is CCN1CCC(Cc2ncc3cc(C(=O)OC)ccn23)CC1. The first kappa shape index (κ1) is 15.0.